The first kappa shape index (κ1) is 13.9. The first-order valence-corrected chi connectivity index (χ1v) is 8.48. The van der Waals surface area contributed by atoms with Crippen LogP contribution in [0.4, 0.5) is 0 Å². The number of rotatable bonds is 4. The molecule has 20 heavy (non-hydrogen) atoms. The Morgan fingerprint density at radius 3 is 1.75 bits per heavy atom. The van der Waals surface area contributed by atoms with E-state index in [9.17, 15) is 0 Å². The Balaban J connectivity index is 2.28. The van der Waals surface area contributed by atoms with Crippen molar-refractivity contribution < 1.29 is 0 Å². The quantitative estimate of drug-likeness (QED) is 0.284. The number of halogens is 1. The molecule has 0 amide bonds. The second kappa shape index (κ2) is 6.13. The summed E-state index contributed by atoms with van der Waals surface area (Å²) in [5.74, 6) is 0. The van der Waals surface area contributed by atoms with Crippen molar-refractivity contribution in [2.24, 2.45) is 0 Å². The third-order valence-corrected chi connectivity index (χ3v) is 5.17. The van der Waals surface area contributed by atoms with Gasteiger partial charge in [-0.15, -0.1) is 0 Å². The van der Waals surface area contributed by atoms with Crippen LogP contribution in [0.2, 0.25) is 0 Å². The second-order valence-electron chi connectivity index (χ2n) is 5.34. The molecule has 0 aliphatic rings. The van der Waals surface area contributed by atoms with Gasteiger partial charge in [0, 0.05) is 3.57 Å². The van der Waals surface area contributed by atoms with Crippen molar-refractivity contribution in [2.45, 2.75) is 32.6 Å². The normalized spacial score (nSPS) is 11.3. The van der Waals surface area contributed by atoms with Crippen LogP contribution in [-0.4, -0.2) is 0 Å². The molecule has 0 heterocycles. The molecule has 0 aliphatic carbocycles. The molecule has 0 saturated carbocycles. The average molecular weight is 374 g/mol. The predicted octanol–water partition coefficient (Wildman–Crippen LogP) is 6.33. The van der Waals surface area contributed by atoms with Crippen molar-refractivity contribution in [1.82, 2.24) is 0 Å². The lowest BCUT2D eigenvalue weighted by Gasteiger charge is -2.13. The molecule has 0 N–H and O–H groups in total. The number of aryl methyl sites for hydroxylation is 1. The zero-order valence-corrected chi connectivity index (χ0v) is 14.0. The highest BCUT2D eigenvalue weighted by molar-refractivity contribution is 14.1. The van der Waals surface area contributed by atoms with Crippen molar-refractivity contribution in [2.75, 3.05) is 0 Å². The first-order chi connectivity index (χ1) is 9.83. The van der Waals surface area contributed by atoms with E-state index in [0.717, 1.165) is 0 Å². The average Bonchev–Trinajstić information content (AvgIpc) is 2.51. The molecule has 102 valence electrons. The number of unbranched alkanes of at least 4 members (excludes halogenated alkanes) is 2. The van der Waals surface area contributed by atoms with E-state index in [2.05, 4.69) is 78.0 Å². The number of hydrogen-bond acceptors (Lipinski definition) is 0. The van der Waals surface area contributed by atoms with E-state index < -0.39 is 0 Å². The Labute approximate surface area is 134 Å². The topological polar surface area (TPSA) is 0 Å². The standard InChI is InChI=1S/C19H19I/c1-2-3-4-9-14-15-10-5-7-12-17(15)19(20)18-13-8-6-11-16(14)18/h5-8,10-13H,2-4,9H2,1H3. The highest BCUT2D eigenvalue weighted by Crippen LogP contribution is 2.34. The molecule has 0 nitrogen and oxygen atoms in total. The van der Waals surface area contributed by atoms with E-state index in [4.69, 9.17) is 0 Å². The van der Waals surface area contributed by atoms with Crippen LogP contribution in [0, 0.1) is 3.57 Å². The Hall–Kier alpha value is -1.09. The van der Waals surface area contributed by atoms with E-state index in [-0.39, 0.29) is 0 Å². The van der Waals surface area contributed by atoms with Crippen molar-refractivity contribution >= 4 is 44.1 Å². The number of fused-ring (bicyclic) bond motifs is 2. The van der Waals surface area contributed by atoms with E-state index in [1.165, 1.54) is 56.4 Å². The largest absolute Gasteiger partial charge is 0.0654 e. The molecular formula is C19H19I. The summed E-state index contributed by atoms with van der Waals surface area (Å²) in [7, 11) is 0. The maximum Gasteiger partial charge on any atom is 0.0287 e. The molecule has 0 saturated heterocycles. The minimum absolute atomic E-state index is 1.19. The highest BCUT2D eigenvalue weighted by Gasteiger charge is 2.11. The molecule has 0 bridgehead atoms. The maximum absolute atomic E-state index is 2.50. The molecule has 3 aromatic rings. The maximum atomic E-state index is 2.50. The summed E-state index contributed by atoms with van der Waals surface area (Å²) in [6.45, 7) is 2.27. The summed E-state index contributed by atoms with van der Waals surface area (Å²) in [5.41, 5.74) is 1.53. The van der Waals surface area contributed by atoms with E-state index >= 15 is 0 Å². The van der Waals surface area contributed by atoms with Gasteiger partial charge in [-0.05, 0) is 62.5 Å². The zero-order chi connectivity index (χ0) is 13.9. The van der Waals surface area contributed by atoms with Crippen molar-refractivity contribution in [3.8, 4) is 0 Å². The highest BCUT2D eigenvalue weighted by atomic mass is 127. The molecule has 0 aromatic heterocycles. The van der Waals surface area contributed by atoms with Crippen LogP contribution in [0.15, 0.2) is 48.5 Å². The van der Waals surface area contributed by atoms with Gasteiger partial charge in [-0.25, -0.2) is 0 Å². The van der Waals surface area contributed by atoms with E-state index in [1.54, 1.807) is 0 Å². The fourth-order valence-corrected chi connectivity index (χ4v) is 3.93. The fourth-order valence-electron chi connectivity index (χ4n) is 2.99. The fraction of sp³-hybridized carbons (Fsp3) is 0.263. The molecule has 0 fully saturated rings. The molecule has 0 aliphatic heterocycles. The molecule has 0 spiro atoms. The summed E-state index contributed by atoms with van der Waals surface area (Å²) < 4.78 is 1.38. The molecular weight excluding hydrogens is 355 g/mol. The first-order valence-electron chi connectivity index (χ1n) is 7.40. The Kier molecular flexibility index (Phi) is 4.25. The number of benzene rings is 3. The number of hydrogen-bond donors (Lipinski definition) is 0. The Morgan fingerprint density at radius 1 is 0.750 bits per heavy atom. The summed E-state index contributed by atoms with van der Waals surface area (Å²) in [5, 5.41) is 5.68. The van der Waals surface area contributed by atoms with Crippen LogP contribution >= 0.6 is 22.6 Å². The van der Waals surface area contributed by atoms with E-state index in [1.807, 2.05) is 0 Å². The molecule has 1 heteroatoms. The lowest BCUT2D eigenvalue weighted by atomic mass is 9.93. The van der Waals surface area contributed by atoms with Crippen LogP contribution in [0.1, 0.15) is 31.7 Å². The lowest BCUT2D eigenvalue weighted by Crippen LogP contribution is -1.93. The van der Waals surface area contributed by atoms with Crippen molar-refractivity contribution in [3.63, 3.8) is 0 Å². The van der Waals surface area contributed by atoms with Crippen LogP contribution in [0.5, 0.6) is 0 Å². The van der Waals surface area contributed by atoms with Crippen LogP contribution in [-0.2, 0) is 6.42 Å². The van der Waals surface area contributed by atoms with Crippen LogP contribution in [0.3, 0.4) is 0 Å². The molecule has 0 unspecified atom stereocenters. The van der Waals surface area contributed by atoms with Gasteiger partial charge in [-0.2, -0.15) is 0 Å². The summed E-state index contributed by atoms with van der Waals surface area (Å²) in [4.78, 5) is 0. The molecule has 3 rings (SSSR count). The Morgan fingerprint density at radius 2 is 1.25 bits per heavy atom. The van der Waals surface area contributed by atoms with Crippen LogP contribution < -0.4 is 0 Å². The minimum Gasteiger partial charge on any atom is -0.0654 e. The summed E-state index contributed by atoms with van der Waals surface area (Å²) in [6, 6.07) is 17.7. The van der Waals surface area contributed by atoms with Gasteiger partial charge in [0.15, 0.2) is 0 Å². The Bertz CT molecular complexity index is 686. The monoisotopic (exact) mass is 374 g/mol. The zero-order valence-electron chi connectivity index (χ0n) is 11.8. The van der Waals surface area contributed by atoms with E-state index in [0.29, 0.717) is 0 Å². The predicted molar refractivity (Wildman–Crippen MR) is 97.4 cm³/mol. The van der Waals surface area contributed by atoms with Crippen molar-refractivity contribution in [3.05, 3.63) is 57.7 Å². The van der Waals surface area contributed by atoms with Gasteiger partial charge < -0.3 is 0 Å². The molecule has 3 aromatic carbocycles. The third kappa shape index (κ3) is 2.44. The van der Waals surface area contributed by atoms with Gasteiger partial charge in [0.1, 0.15) is 0 Å². The smallest absolute Gasteiger partial charge is 0.0287 e. The third-order valence-electron chi connectivity index (χ3n) is 4.01. The minimum atomic E-state index is 1.19. The second-order valence-corrected chi connectivity index (χ2v) is 6.42. The van der Waals surface area contributed by atoms with Gasteiger partial charge in [0.2, 0.25) is 0 Å². The summed E-state index contributed by atoms with van der Waals surface area (Å²) in [6.07, 6.45) is 5.06. The van der Waals surface area contributed by atoms with Gasteiger partial charge in [0.25, 0.3) is 0 Å². The van der Waals surface area contributed by atoms with Crippen LogP contribution in [0.25, 0.3) is 21.5 Å². The molecule has 0 atom stereocenters. The molecule has 0 radical (unpaired) electrons. The van der Waals surface area contributed by atoms with Gasteiger partial charge in [-0.3, -0.25) is 0 Å². The SMILES string of the molecule is CCCCCc1c2ccccc2c(I)c2ccccc12. The summed E-state index contributed by atoms with van der Waals surface area (Å²) >= 11 is 2.50. The van der Waals surface area contributed by atoms with Crippen molar-refractivity contribution in [1.29, 1.82) is 0 Å². The van der Waals surface area contributed by atoms with Gasteiger partial charge >= 0.3 is 0 Å². The van der Waals surface area contributed by atoms with Gasteiger partial charge in [0.05, 0.1) is 0 Å². The van der Waals surface area contributed by atoms with Gasteiger partial charge in [-0.1, -0.05) is 68.3 Å². The lowest BCUT2D eigenvalue weighted by molar-refractivity contribution is 0.721.